The number of nitrogens with zero attached hydrogens (tertiary/aromatic N) is 4. The van der Waals surface area contributed by atoms with E-state index in [-0.39, 0.29) is 11.4 Å². The molecule has 0 aliphatic heterocycles. The van der Waals surface area contributed by atoms with Crippen molar-refractivity contribution in [2.75, 3.05) is 12.4 Å². The first kappa shape index (κ1) is 16.4. The fraction of sp³-hybridized carbons (Fsp3) is 0.176. The summed E-state index contributed by atoms with van der Waals surface area (Å²) in [7, 11) is 1.27. The molecule has 0 aliphatic carbocycles. The molecule has 1 amide bonds. The van der Waals surface area contributed by atoms with Gasteiger partial charge in [0.25, 0.3) is 5.91 Å². The Bertz CT molecular complexity index is 898. The monoisotopic (exact) mass is 339 g/mol. The molecule has 0 fully saturated rings. The van der Waals surface area contributed by atoms with Gasteiger partial charge in [-0.05, 0) is 19.1 Å². The topological polar surface area (TPSA) is 91.0 Å². The maximum atomic E-state index is 12.7. The Hall–Kier alpha value is -3.42. The summed E-state index contributed by atoms with van der Waals surface area (Å²) in [6, 6.07) is 10.5. The van der Waals surface area contributed by atoms with Crippen LogP contribution in [0.1, 0.15) is 27.9 Å². The molecule has 1 aromatic carbocycles. The number of esters is 1. The van der Waals surface area contributed by atoms with Gasteiger partial charge in [-0.1, -0.05) is 18.2 Å². The highest BCUT2D eigenvalue weighted by molar-refractivity contribution is 6.04. The molecule has 0 radical (unpaired) electrons. The highest BCUT2D eigenvalue weighted by Crippen LogP contribution is 2.15. The number of aromatic nitrogens is 4. The van der Waals surface area contributed by atoms with Crippen LogP contribution < -0.4 is 5.32 Å². The highest BCUT2D eigenvalue weighted by Gasteiger charge is 2.21. The van der Waals surface area contributed by atoms with E-state index in [2.05, 4.69) is 15.5 Å². The van der Waals surface area contributed by atoms with Crippen LogP contribution >= 0.6 is 0 Å². The van der Waals surface area contributed by atoms with Gasteiger partial charge in [0.05, 0.1) is 24.7 Å². The molecule has 0 spiro atoms. The van der Waals surface area contributed by atoms with Crippen molar-refractivity contribution in [1.82, 2.24) is 19.6 Å². The van der Waals surface area contributed by atoms with E-state index in [0.29, 0.717) is 17.9 Å². The second-order valence-electron chi connectivity index (χ2n) is 5.19. The summed E-state index contributed by atoms with van der Waals surface area (Å²) >= 11 is 0. The van der Waals surface area contributed by atoms with Gasteiger partial charge in [-0.25, -0.2) is 9.48 Å². The molecule has 0 saturated carbocycles. The Morgan fingerprint density at radius 1 is 1.24 bits per heavy atom. The number of nitrogens with one attached hydrogen (secondary N) is 1. The molecule has 0 unspecified atom stereocenters. The van der Waals surface area contributed by atoms with Crippen molar-refractivity contribution in [2.24, 2.45) is 0 Å². The largest absolute Gasteiger partial charge is 0.464 e. The van der Waals surface area contributed by atoms with E-state index in [9.17, 15) is 9.59 Å². The van der Waals surface area contributed by atoms with Gasteiger partial charge >= 0.3 is 5.97 Å². The number of hydrogen-bond donors (Lipinski definition) is 1. The van der Waals surface area contributed by atoms with Crippen molar-refractivity contribution >= 4 is 17.6 Å². The number of rotatable bonds is 5. The summed E-state index contributed by atoms with van der Waals surface area (Å²) in [4.78, 5) is 24.5. The average molecular weight is 339 g/mol. The van der Waals surface area contributed by atoms with Gasteiger partial charge in [-0.2, -0.15) is 10.2 Å². The first-order chi connectivity index (χ1) is 12.1. The standard InChI is InChI=1S/C17H17N5O3/c1-3-21-11-12(10-18-21)19-16(23)15-9-14(17(24)25-2)20-22(15)13-7-5-4-6-8-13/h4-11H,3H2,1-2H3,(H,19,23). The summed E-state index contributed by atoms with van der Waals surface area (Å²) in [5.41, 5.74) is 1.50. The second-order valence-corrected chi connectivity index (χ2v) is 5.19. The summed E-state index contributed by atoms with van der Waals surface area (Å²) < 4.78 is 7.80. The Morgan fingerprint density at radius 3 is 2.64 bits per heavy atom. The maximum Gasteiger partial charge on any atom is 0.358 e. The molecule has 3 aromatic rings. The van der Waals surface area contributed by atoms with Crippen molar-refractivity contribution in [3.63, 3.8) is 0 Å². The average Bonchev–Trinajstić information content (AvgIpc) is 3.28. The quantitative estimate of drug-likeness (QED) is 0.719. The Balaban J connectivity index is 1.96. The third-order valence-corrected chi connectivity index (χ3v) is 3.55. The van der Waals surface area contributed by atoms with Gasteiger partial charge in [0.1, 0.15) is 5.69 Å². The van der Waals surface area contributed by atoms with Crippen LogP contribution in [0.4, 0.5) is 5.69 Å². The molecule has 8 nitrogen and oxygen atoms in total. The third-order valence-electron chi connectivity index (χ3n) is 3.55. The number of ether oxygens (including phenoxy) is 1. The lowest BCUT2D eigenvalue weighted by molar-refractivity contribution is 0.0593. The molecule has 0 atom stereocenters. The fourth-order valence-electron chi connectivity index (χ4n) is 2.31. The van der Waals surface area contributed by atoms with E-state index in [1.54, 1.807) is 29.2 Å². The van der Waals surface area contributed by atoms with E-state index in [4.69, 9.17) is 4.74 Å². The van der Waals surface area contributed by atoms with E-state index < -0.39 is 11.9 Å². The predicted octanol–water partition coefficient (Wildman–Crippen LogP) is 2.13. The molecule has 2 heterocycles. The van der Waals surface area contributed by atoms with E-state index >= 15 is 0 Å². The van der Waals surface area contributed by atoms with Crippen LogP contribution in [0.15, 0.2) is 48.8 Å². The first-order valence-electron chi connectivity index (χ1n) is 7.70. The lowest BCUT2D eigenvalue weighted by Crippen LogP contribution is -2.16. The maximum absolute atomic E-state index is 12.7. The van der Waals surface area contributed by atoms with Crippen LogP contribution in [0.2, 0.25) is 0 Å². The summed E-state index contributed by atoms with van der Waals surface area (Å²) in [5, 5.41) is 11.1. The Labute approximate surface area is 144 Å². The molecule has 8 heteroatoms. The number of anilines is 1. The Morgan fingerprint density at radius 2 is 2.00 bits per heavy atom. The van der Waals surface area contributed by atoms with Crippen molar-refractivity contribution in [3.05, 3.63) is 60.2 Å². The number of methoxy groups -OCH3 is 1. The van der Waals surface area contributed by atoms with Crippen LogP contribution in [0, 0.1) is 0 Å². The zero-order valence-corrected chi connectivity index (χ0v) is 13.8. The zero-order chi connectivity index (χ0) is 17.8. The normalized spacial score (nSPS) is 10.5. The zero-order valence-electron chi connectivity index (χ0n) is 13.8. The van der Waals surface area contributed by atoms with E-state index in [1.807, 2.05) is 25.1 Å². The van der Waals surface area contributed by atoms with E-state index in [0.717, 1.165) is 0 Å². The minimum absolute atomic E-state index is 0.0563. The summed E-state index contributed by atoms with van der Waals surface area (Å²) in [6.45, 7) is 2.65. The van der Waals surface area contributed by atoms with Crippen LogP contribution in [-0.4, -0.2) is 38.5 Å². The van der Waals surface area contributed by atoms with Gasteiger partial charge in [0.2, 0.25) is 0 Å². The number of carbonyl (C=O) groups excluding carboxylic acids is 2. The van der Waals surface area contributed by atoms with Crippen molar-refractivity contribution < 1.29 is 14.3 Å². The lowest BCUT2D eigenvalue weighted by Gasteiger charge is -2.07. The van der Waals surface area contributed by atoms with Gasteiger partial charge in [0.15, 0.2) is 5.69 Å². The first-order valence-corrected chi connectivity index (χ1v) is 7.70. The summed E-state index contributed by atoms with van der Waals surface area (Å²) in [6.07, 6.45) is 3.29. The highest BCUT2D eigenvalue weighted by atomic mass is 16.5. The SMILES string of the molecule is CCn1cc(NC(=O)c2cc(C(=O)OC)nn2-c2ccccc2)cn1. The van der Waals surface area contributed by atoms with Crippen LogP contribution in [0.5, 0.6) is 0 Å². The van der Waals surface area contributed by atoms with Gasteiger partial charge in [-0.15, -0.1) is 0 Å². The number of benzene rings is 1. The molecule has 128 valence electrons. The second kappa shape index (κ2) is 7.00. The molecule has 2 aromatic heterocycles. The van der Waals surface area contributed by atoms with Crippen LogP contribution in [0.25, 0.3) is 5.69 Å². The van der Waals surface area contributed by atoms with Crippen molar-refractivity contribution in [3.8, 4) is 5.69 Å². The number of hydrogen-bond acceptors (Lipinski definition) is 5. The van der Waals surface area contributed by atoms with Gasteiger partial charge in [-0.3, -0.25) is 9.48 Å². The van der Waals surface area contributed by atoms with Crippen LogP contribution in [-0.2, 0) is 11.3 Å². The van der Waals surface area contributed by atoms with E-state index in [1.165, 1.54) is 17.9 Å². The number of aryl methyl sites for hydroxylation is 1. The molecule has 0 aliphatic rings. The molecular formula is C17H17N5O3. The number of para-hydroxylation sites is 1. The van der Waals surface area contributed by atoms with Crippen molar-refractivity contribution in [1.29, 1.82) is 0 Å². The van der Waals surface area contributed by atoms with Crippen molar-refractivity contribution in [2.45, 2.75) is 13.5 Å². The smallest absolute Gasteiger partial charge is 0.358 e. The molecule has 1 N–H and O–H groups in total. The molecule has 0 bridgehead atoms. The minimum atomic E-state index is -0.609. The molecule has 0 saturated heterocycles. The molecular weight excluding hydrogens is 322 g/mol. The fourth-order valence-corrected chi connectivity index (χ4v) is 2.31. The van der Waals surface area contributed by atoms with Gasteiger partial charge < -0.3 is 10.1 Å². The minimum Gasteiger partial charge on any atom is -0.464 e. The van der Waals surface area contributed by atoms with Gasteiger partial charge in [0, 0.05) is 18.8 Å². The number of amides is 1. The summed E-state index contributed by atoms with van der Waals surface area (Å²) in [5.74, 6) is -1.01. The predicted molar refractivity (Wildman–Crippen MR) is 90.8 cm³/mol. The third kappa shape index (κ3) is 3.42. The Kier molecular flexibility index (Phi) is 4.60. The lowest BCUT2D eigenvalue weighted by atomic mass is 10.3. The van der Waals surface area contributed by atoms with Crippen LogP contribution in [0.3, 0.4) is 0 Å². The molecule has 3 rings (SSSR count). The molecule has 25 heavy (non-hydrogen) atoms. The number of carbonyl (C=O) groups is 2.